The number of ether oxygens (including phenoxy) is 2. The van der Waals surface area contributed by atoms with Crippen molar-refractivity contribution in [2.75, 3.05) is 19.8 Å². The summed E-state index contributed by atoms with van der Waals surface area (Å²) in [6.07, 6.45) is 1.32. The van der Waals surface area contributed by atoms with Crippen molar-refractivity contribution >= 4 is 11.6 Å². The van der Waals surface area contributed by atoms with E-state index < -0.39 is 0 Å². The van der Waals surface area contributed by atoms with Crippen LogP contribution >= 0.6 is 11.6 Å². The quantitative estimate of drug-likeness (QED) is 0.871. The van der Waals surface area contributed by atoms with E-state index in [0.717, 1.165) is 13.0 Å². The third kappa shape index (κ3) is 4.14. The normalized spacial score (nSPS) is 17.8. The topological polar surface area (TPSA) is 30.5 Å². The van der Waals surface area contributed by atoms with Crippen LogP contribution in [0.3, 0.4) is 0 Å². The molecule has 1 atom stereocenters. The molecule has 0 aliphatic carbocycles. The van der Waals surface area contributed by atoms with Crippen molar-refractivity contribution in [1.29, 1.82) is 0 Å². The second kappa shape index (κ2) is 7.20. The maximum atomic E-state index is 14.0. The summed E-state index contributed by atoms with van der Waals surface area (Å²) in [6, 6.07) is 4.64. The third-order valence-electron chi connectivity index (χ3n) is 3.10. The monoisotopic (exact) mass is 287 g/mol. The lowest BCUT2D eigenvalue weighted by Crippen LogP contribution is -2.27. The fourth-order valence-corrected chi connectivity index (χ4v) is 2.32. The number of rotatable bonds is 6. The van der Waals surface area contributed by atoms with E-state index in [1.807, 2.05) is 0 Å². The van der Waals surface area contributed by atoms with Crippen molar-refractivity contribution in [3.63, 3.8) is 0 Å². The van der Waals surface area contributed by atoms with Gasteiger partial charge in [0.25, 0.3) is 0 Å². The molecule has 0 bridgehead atoms. The van der Waals surface area contributed by atoms with E-state index in [2.05, 4.69) is 12.2 Å². The zero-order valence-electron chi connectivity index (χ0n) is 11.0. The molecule has 1 aliphatic rings. The first kappa shape index (κ1) is 14.7. The van der Waals surface area contributed by atoms with Crippen molar-refractivity contribution in [2.24, 2.45) is 0 Å². The van der Waals surface area contributed by atoms with Crippen molar-refractivity contribution in [2.45, 2.75) is 32.1 Å². The minimum atomic E-state index is -0.292. The van der Waals surface area contributed by atoms with Crippen molar-refractivity contribution in [3.8, 4) is 0 Å². The van der Waals surface area contributed by atoms with E-state index >= 15 is 0 Å². The average Bonchev–Trinajstić information content (AvgIpc) is 2.88. The Morgan fingerprint density at radius 1 is 1.42 bits per heavy atom. The molecule has 1 fully saturated rings. The van der Waals surface area contributed by atoms with Gasteiger partial charge in [0, 0.05) is 23.0 Å². The Balaban J connectivity index is 2.10. The molecule has 1 aliphatic heterocycles. The van der Waals surface area contributed by atoms with E-state index in [0.29, 0.717) is 30.2 Å². The van der Waals surface area contributed by atoms with Gasteiger partial charge in [0.1, 0.15) is 5.82 Å². The summed E-state index contributed by atoms with van der Waals surface area (Å²) in [5.74, 6) is -0.292. The van der Waals surface area contributed by atoms with Crippen LogP contribution in [0, 0.1) is 5.82 Å². The van der Waals surface area contributed by atoms with Gasteiger partial charge >= 0.3 is 0 Å². The Morgan fingerprint density at radius 2 is 2.16 bits per heavy atom. The molecule has 1 heterocycles. The summed E-state index contributed by atoms with van der Waals surface area (Å²) in [6.45, 7) is 4.10. The maximum absolute atomic E-state index is 14.0. The average molecular weight is 288 g/mol. The van der Waals surface area contributed by atoms with E-state index in [1.54, 1.807) is 12.1 Å². The van der Waals surface area contributed by atoms with Crippen LogP contribution in [0.5, 0.6) is 0 Å². The first-order valence-corrected chi connectivity index (χ1v) is 7.00. The molecule has 1 unspecified atom stereocenters. The molecule has 1 N–H and O–H groups in total. The predicted octanol–water partition coefficient (Wildman–Crippen LogP) is 3.28. The standard InChI is InChI=1S/C14H19ClFNO2/c1-2-5-17-13(9-14-18-6-7-19-14)11-4-3-10(15)8-12(11)16/h3-4,8,13-14,17H,2,5-7,9H2,1H3. The van der Waals surface area contributed by atoms with E-state index in [1.165, 1.54) is 6.07 Å². The highest BCUT2D eigenvalue weighted by molar-refractivity contribution is 6.30. The van der Waals surface area contributed by atoms with Gasteiger partial charge in [-0.25, -0.2) is 4.39 Å². The van der Waals surface area contributed by atoms with E-state index in [-0.39, 0.29) is 18.1 Å². The first-order chi connectivity index (χ1) is 9.20. The van der Waals surface area contributed by atoms with Gasteiger partial charge in [0.05, 0.1) is 13.2 Å². The molecule has 0 amide bonds. The highest BCUT2D eigenvalue weighted by Crippen LogP contribution is 2.26. The predicted molar refractivity (Wildman–Crippen MR) is 72.8 cm³/mol. The summed E-state index contributed by atoms with van der Waals surface area (Å²) in [5.41, 5.74) is 0.608. The van der Waals surface area contributed by atoms with Crippen molar-refractivity contribution < 1.29 is 13.9 Å². The van der Waals surface area contributed by atoms with Gasteiger partial charge in [-0.05, 0) is 25.1 Å². The Morgan fingerprint density at radius 3 is 2.79 bits per heavy atom. The molecule has 1 saturated heterocycles. The van der Waals surface area contributed by atoms with Gasteiger partial charge in [-0.1, -0.05) is 24.6 Å². The number of hydrogen-bond donors (Lipinski definition) is 1. The smallest absolute Gasteiger partial charge is 0.159 e. The fourth-order valence-electron chi connectivity index (χ4n) is 2.16. The van der Waals surface area contributed by atoms with Crippen molar-refractivity contribution in [3.05, 3.63) is 34.6 Å². The number of hydrogen-bond acceptors (Lipinski definition) is 3. The van der Waals surface area contributed by atoms with Gasteiger partial charge in [-0.2, -0.15) is 0 Å². The number of halogens is 2. The Kier molecular flexibility index (Phi) is 5.58. The molecule has 2 rings (SSSR count). The summed E-state index contributed by atoms with van der Waals surface area (Å²) in [5, 5.41) is 3.74. The first-order valence-electron chi connectivity index (χ1n) is 6.62. The lowest BCUT2D eigenvalue weighted by Gasteiger charge is -2.22. The summed E-state index contributed by atoms with van der Waals surface area (Å²) < 4.78 is 24.9. The minimum Gasteiger partial charge on any atom is -0.350 e. The summed E-state index contributed by atoms with van der Waals surface area (Å²) in [7, 11) is 0. The maximum Gasteiger partial charge on any atom is 0.159 e. The molecule has 1 aromatic rings. The SMILES string of the molecule is CCCNC(CC1OCCO1)c1ccc(Cl)cc1F. The largest absolute Gasteiger partial charge is 0.350 e. The molecule has 0 saturated carbocycles. The second-order valence-electron chi connectivity index (χ2n) is 4.58. The molecule has 0 aromatic heterocycles. The summed E-state index contributed by atoms with van der Waals surface area (Å²) in [4.78, 5) is 0. The zero-order valence-corrected chi connectivity index (χ0v) is 11.8. The molecule has 19 heavy (non-hydrogen) atoms. The molecule has 5 heteroatoms. The van der Waals surface area contributed by atoms with Gasteiger partial charge in [-0.15, -0.1) is 0 Å². The third-order valence-corrected chi connectivity index (χ3v) is 3.33. The highest BCUT2D eigenvalue weighted by Gasteiger charge is 2.24. The minimum absolute atomic E-state index is 0.125. The highest BCUT2D eigenvalue weighted by atomic mass is 35.5. The van der Waals surface area contributed by atoms with Crippen LogP contribution in [0.1, 0.15) is 31.4 Å². The molecular formula is C14H19ClFNO2. The fraction of sp³-hybridized carbons (Fsp3) is 0.571. The van der Waals surface area contributed by atoms with Crippen LogP contribution in [-0.2, 0) is 9.47 Å². The number of benzene rings is 1. The van der Waals surface area contributed by atoms with Gasteiger partial charge < -0.3 is 14.8 Å². The molecule has 3 nitrogen and oxygen atoms in total. The van der Waals surface area contributed by atoms with E-state index in [4.69, 9.17) is 21.1 Å². The Labute approximate surface area is 118 Å². The van der Waals surface area contributed by atoms with Crippen LogP contribution < -0.4 is 5.32 Å². The van der Waals surface area contributed by atoms with Crippen molar-refractivity contribution in [1.82, 2.24) is 5.32 Å². The molecule has 1 aromatic carbocycles. The van der Waals surface area contributed by atoms with Gasteiger partial charge in [0.15, 0.2) is 6.29 Å². The Bertz CT molecular complexity index is 410. The van der Waals surface area contributed by atoms with Crippen LogP contribution in [-0.4, -0.2) is 26.0 Å². The van der Waals surface area contributed by atoms with Crippen LogP contribution in [0.25, 0.3) is 0 Å². The molecular weight excluding hydrogens is 269 g/mol. The van der Waals surface area contributed by atoms with Gasteiger partial charge in [0.2, 0.25) is 0 Å². The van der Waals surface area contributed by atoms with Crippen LogP contribution in [0.15, 0.2) is 18.2 Å². The Hall–Kier alpha value is -0.680. The van der Waals surface area contributed by atoms with Crippen LogP contribution in [0.2, 0.25) is 5.02 Å². The van der Waals surface area contributed by atoms with E-state index in [9.17, 15) is 4.39 Å². The second-order valence-corrected chi connectivity index (χ2v) is 5.02. The number of nitrogens with one attached hydrogen (secondary N) is 1. The molecule has 0 spiro atoms. The lowest BCUT2D eigenvalue weighted by atomic mass is 10.0. The lowest BCUT2D eigenvalue weighted by molar-refractivity contribution is -0.0531. The molecule has 0 radical (unpaired) electrons. The van der Waals surface area contributed by atoms with Crippen LogP contribution in [0.4, 0.5) is 4.39 Å². The molecule has 106 valence electrons. The summed E-state index contributed by atoms with van der Waals surface area (Å²) >= 11 is 5.79. The zero-order chi connectivity index (χ0) is 13.7. The van der Waals surface area contributed by atoms with Gasteiger partial charge in [-0.3, -0.25) is 0 Å².